The number of hydrogen-bond donors (Lipinski definition) is 8. The fourth-order valence-corrected chi connectivity index (χ4v) is 3.86. The first-order valence-corrected chi connectivity index (χ1v) is 12.1. The Morgan fingerprint density at radius 2 is 1.32 bits per heavy atom. The minimum Gasteiger partial charge on any atom is -0.388 e. The van der Waals surface area contributed by atoms with Crippen LogP contribution in [0.1, 0.15) is 6.92 Å². The molecule has 2 fully saturated rings. The molecule has 0 spiro atoms. The van der Waals surface area contributed by atoms with Gasteiger partial charge in [0.2, 0.25) is 5.91 Å². The van der Waals surface area contributed by atoms with E-state index in [4.69, 9.17) is 23.3 Å². The van der Waals surface area contributed by atoms with Crippen LogP contribution in [0.4, 0.5) is 0 Å². The van der Waals surface area contributed by atoms with E-state index in [1.807, 2.05) is 0 Å². The number of aliphatic hydroxyl groups is 5. The first-order valence-electron chi connectivity index (χ1n) is 9.37. The van der Waals surface area contributed by atoms with Gasteiger partial charge in [-0.2, -0.15) is 16.8 Å². The molecule has 20 heteroatoms. The zero-order valence-corrected chi connectivity index (χ0v) is 18.9. The normalized spacial score (nSPS) is 39.5. The van der Waals surface area contributed by atoms with Gasteiger partial charge in [-0.15, -0.1) is 0 Å². The third-order valence-corrected chi connectivity index (χ3v) is 5.65. The summed E-state index contributed by atoms with van der Waals surface area (Å²) in [6.45, 7) is -1.04. The lowest BCUT2D eigenvalue weighted by Gasteiger charge is -2.46. The third kappa shape index (κ3) is 7.96. The van der Waals surface area contributed by atoms with Crippen LogP contribution < -0.4 is 5.32 Å². The summed E-state index contributed by atoms with van der Waals surface area (Å²) in [5.41, 5.74) is 0. The Balaban J connectivity index is 2.26. The topological polar surface area (TPSA) is 285 Å². The van der Waals surface area contributed by atoms with E-state index in [9.17, 15) is 47.2 Å². The lowest BCUT2D eigenvalue weighted by Crippen LogP contribution is -2.67. The Bertz CT molecular complexity index is 911. The van der Waals surface area contributed by atoms with Gasteiger partial charge in [0.25, 0.3) is 0 Å². The average Bonchev–Trinajstić information content (AvgIpc) is 2.69. The van der Waals surface area contributed by atoms with Crippen LogP contribution in [0.5, 0.6) is 0 Å². The molecule has 0 unspecified atom stereocenters. The lowest BCUT2D eigenvalue weighted by atomic mass is 9.95. The van der Waals surface area contributed by atoms with Gasteiger partial charge in [-0.25, -0.2) is 8.37 Å². The second kappa shape index (κ2) is 11.3. The molecular formula is C14H25NO17S2. The van der Waals surface area contributed by atoms with E-state index in [1.54, 1.807) is 0 Å². The van der Waals surface area contributed by atoms with Crippen molar-refractivity contribution in [3.63, 3.8) is 0 Å². The molecule has 8 N–H and O–H groups in total. The van der Waals surface area contributed by atoms with Gasteiger partial charge in [0.05, 0.1) is 13.2 Å². The highest BCUT2D eigenvalue weighted by molar-refractivity contribution is 7.81. The molecule has 2 rings (SSSR count). The molecule has 0 aromatic heterocycles. The van der Waals surface area contributed by atoms with Crippen LogP contribution in [0, 0.1) is 0 Å². The number of rotatable bonds is 9. The van der Waals surface area contributed by atoms with Crippen LogP contribution in [-0.4, -0.2) is 132 Å². The van der Waals surface area contributed by atoms with Crippen molar-refractivity contribution in [3.8, 4) is 0 Å². The zero-order valence-electron chi connectivity index (χ0n) is 17.2. The maximum absolute atomic E-state index is 11.5. The highest BCUT2D eigenvalue weighted by atomic mass is 32.3. The second-order valence-electron chi connectivity index (χ2n) is 7.32. The smallest absolute Gasteiger partial charge is 0.388 e. The van der Waals surface area contributed by atoms with E-state index in [0.29, 0.717) is 0 Å². The van der Waals surface area contributed by atoms with Crippen LogP contribution >= 0.6 is 0 Å². The van der Waals surface area contributed by atoms with Crippen molar-refractivity contribution in [2.45, 2.75) is 68.3 Å². The van der Waals surface area contributed by atoms with Gasteiger partial charge in [-0.05, 0) is 0 Å². The largest absolute Gasteiger partial charge is 0.397 e. The van der Waals surface area contributed by atoms with Crippen molar-refractivity contribution < 1.29 is 78.8 Å². The summed E-state index contributed by atoms with van der Waals surface area (Å²) in [5.74, 6) is -0.749. The second-order valence-corrected chi connectivity index (χ2v) is 9.50. The molecule has 0 aromatic carbocycles. The minimum atomic E-state index is -4.98. The van der Waals surface area contributed by atoms with Crippen LogP contribution in [-0.2, 0) is 48.2 Å². The molecule has 0 aromatic rings. The first-order chi connectivity index (χ1) is 15.5. The van der Waals surface area contributed by atoms with Crippen LogP contribution in [0.3, 0.4) is 0 Å². The molecule has 34 heavy (non-hydrogen) atoms. The molecule has 1 amide bonds. The number of carbonyl (C=O) groups is 1. The minimum absolute atomic E-state index is 0.749. The molecule has 0 bridgehead atoms. The van der Waals surface area contributed by atoms with Crippen molar-refractivity contribution >= 4 is 26.7 Å². The van der Waals surface area contributed by atoms with Gasteiger partial charge in [-0.3, -0.25) is 13.9 Å². The monoisotopic (exact) mass is 543 g/mol. The molecule has 2 aliphatic rings. The molecule has 0 aliphatic carbocycles. The Hall–Kier alpha value is -1.11. The quantitative estimate of drug-likeness (QED) is 0.126. The summed E-state index contributed by atoms with van der Waals surface area (Å²) in [6, 6.07) is -1.57. The summed E-state index contributed by atoms with van der Waals surface area (Å²) in [7, 11) is -9.96. The zero-order chi connectivity index (χ0) is 26.0. The molecule has 2 heterocycles. The number of aliphatic hydroxyl groups excluding tert-OH is 5. The van der Waals surface area contributed by atoms with Gasteiger partial charge in [0.15, 0.2) is 12.6 Å². The fourth-order valence-electron chi connectivity index (χ4n) is 3.25. The number of amides is 1. The highest BCUT2D eigenvalue weighted by Gasteiger charge is 2.51. The first kappa shape index (κ1) is 29.1. The summed E-state index contributed by atoms with van der Waals surface area (Å²) < 4.78 is 84.4. The molecule has 10 atom stereocenters. The number of hydrogen-bond acceptors (Lipinski definition) is 15. The standard InChI is InChI=1S/C14H25NO17S2/c1-4(16)15-7-12(9(18)6(30-13(7)21)3-29-34(25,26)27)32-14-11(20)10(19)8(17)5(31-14)2-28-33(22,23)24/h5-14,17-21H,2-3H2,1H3,(H,15,16)(H,22,23,24)(H,25,26,27)/t5-,6-,7-,8+,9+,10+,11-,12-,13+,14+/m1/s1. The Morgan fingerprint density at radius 1 is 0.824 bits per heavy atom. The van der Waals surface area contributed by atoms with Crippen molar-refractivity contribution in [3.05, 3.63) is 0 Å². The van der Waals surface area contributed by atoms with Crippen molar-refractivity contribution in [2.24, 2.45) is 0 Å². The van der Waals surface area contributed by atoms with E-state index in [1.165, 1.54) is 0 Å². The summed E-state index contributed by atoms with van der Waals surface area (Å²) in [5, 5.41) is 53.2. The third-order valence-electron chi connectivity index (χ3n) is 4.79. The van der Waals surface area contributed by atoms with E-state index in [-0.39, 0.29) is 0 Å². The van der Waals surface area contributed by atoms with Crippen LogP contribution in [0.25, 0.3) is 0 Å². The van der Waals surface area contributed by atoms with E-state index in [0.717, 1.165) is 6.92 Å². The average molecular weight is 543 g/mol. The summed E-state index contributed by atoms with van der Waals surface area (Å²) in [6.07, 6.45) is -17.0. The molecule has 0 saturated carbocycles. The van der Waals surface area contributed by atoms with E-state index >= 15 is 0 Å². The van der Waals surface area contributed by atoms with Gasteiger partial charge in [0, 0.05) is 6.92 Å². The Kier molecular flexibility index (Phi) is 9.68. The van der Waals surface area contributed by atoms with Gasteiger partial charge < -0.3 is 45.1 Å². The number of ether oxygens (including phenoxy) is 3. The molecule has 200 valence electrons. The lowest BCUT2D eigenvalue weighted by molar-refractivity contribution is -0.340. The summed E-state index contributed by atoms with van der Waals surface area (Å²) >= 11 is 0. The predicted octanol–water partition coefficient (Wildman–Crippen LogP) is -5.60. The van der Waals surface area contributed by atoms with E-state index < -0.39 is 101 Å². The van der Waals surface area contributed by atoms with Crippen molar-refractivity contribution in [2.75, 3.05) is 13.2 Å². The molecule has 18 nitrogen and oxygen atoms in total. The van der Waals surface area contributed by atoms with Crippen LogP contribution in [0.2, 0.25) is 0 Å². The molecular weight excluding hydrogens is 518 g/mol. The van der Waals surface area contributed by atoms with Gasteiger partial charge in [0.1, 0.15) is 48.8 Å². The maximum atomic E-state index is 11.5. The number of carbonyl (C=O) groups excluding carboxylic acids is 1. The molecule has 0 radical (unpaired) electrons. The fraction of sp³-hybridized carbons (Fsp3) is 0.929. The van der Waals surface area contributed by atoms with E-state index in [2.05, 4.69) is 13.7 Å². The van der Waals surface area contributed by atoms with Crippen molar-refractivity contribution in [1.82, 2.24) is 5.32 Å². The Labute approximate surface area is 192 Å². The highest BCUT2D eigenvalue weighted by Crippen LogP contribution is 2.29. The molecule has 2 saturated heterocycles. The molecule has 2 aliphatic heterocycles. The predicted molar refractivity (Wildman–Crippen MR) is 101 cm³/mol. The van der Waals surface area contributed by atoms with Crippen LogP contribution in [0.15, 0.2) is 0 Å². The van der Waals surface area contributed by atoms with Crippen molar-refractivity contribution in [1.29, 1.82) is 0 Å². The summed E-state index contributed by atoms with van der Waals surface area (Å²) in [4.78, 5) is 11.5. The van der Waals surface area contributed by atoms with Gasteiger partial charge >= 0.3 is 20.8 Å². The maximum Gasteiger partial charge on any atom is 0.397 e. The number of nitrogens with one attached hydrogen (secondary N) is 1. The SMILES string of the molecule is CC(=O)N[C@@H]1[C@@H](O[C@@H]2O[C@H](COS(=O)(=O)O)[C@H](O)[C@H](O)[C@H]2O)[C@@H](O)[C@@H](COS(=O)(=O)O)O[C@@H]1O. The Morgan fingerprint density at radius 3 is 1.79 bits per heavy atom. The van der Waals surface area contributed by atoms with Gasteiger partial charge in [-0.1, -0.05) is 0 Å².